The van der Waals surface area contributed by atoms with Crippen LogP contribution in [0.1, 0.15) is 54.4 Å². The highest BCUT2D eigenvalue weighted by atomic mass is 15.1. The Bertz CT molecular complexity index is 178. The predicted molar refractivity (Wildman–Crippen MR) is 73.9 cm³/mol. The van der Waals surface area contributed by atoms with E-state index in [1.165, 1.54) is 19.4 Å². The summed E-state index contributed by atoms with van der Waals surface area (Å²) in [5.41, 5.74) is 0.401. The molecule has 0 aromatic carbocycles. The molecule has 16 heavy (non-hydrogen) atoms. The minimum atomic E-state index is 0.401. The summed E-state index contributed by atoms with van der Waals surface area (Å²) in [4.78, 5) is 2.46. The third-order valence-corrected chi connectivity index (χ3v) is 3.30. The van der Waals surface area contributed by atoms with Gasteiger partial charge in [-0.25, -0.2) is 0 Å². The molecule has 2 heteroatoms. The first-order valence-electron chi connectivity index (χ1n) is 6.74. The number of nitrogens with one attached hydrogen (secondary N) is 1. The van der Waals surface area contributed by atoms with Gasteiger partial charge in [-0.05, 0) is 32.7 Å². The van der Waals surface area contributed by atoms with Crippen molar-refractivity contribution in [1.29, 1.82) is 0 Å². The van der Waals surface area contributed by atoms with Gasteiger partial charge in [0.15, 0.2) is 0 Å². The van der Waals surface area contributed by atoms with Crippen molar-refractivity contribution in [1.82, 2.24) is 10.2 Å². The summed E-state index contributed by atoms with van der Waals surface area (Å²) in [5.74, 6) is 0. The van der Waals surface area contributed by atoms with Crippen LogP contribution in [0.4, 0.5) is 0 Å². The smallest absolute Gasteiger partial charge is 0.00471 e. The Morgan fingerprint density at radius 3 is 2.12 bits per heavy atom. The fourth-order valence-electron chi connectivity index (χ4n) is 2.06. The van der Waals surface area contributed by atoms with Gasteiger partial charge < -0.3 is 10.2 Å². The largest absolute Gasteiger partial charge is 0.314 e. The van der Waals surface area contributed by atoms with Crippen LogP contribution in [0, 0.1) is 5.41 Å². The van der Waals surface area contributed by atoms with Crippen molar-refractivity contribution in [3.05, 3.63) is 0 Å². The molecule has 0 amide bonds. The van der Waals surface area contributed by atoms with Crippen molar-refractivity contribution in [2.24, 2.45) is 5.41 Å². The topological polar surface area (TPSA) is 15.3 Å². The Labute approximate surface area is 103 Å². The molecule has 1 unspecified atom stereocenters. The molecule has 98 valence electrons. The lowest BCUT2D eigenvalue weighted by atomic mass is 9.84. The van der Waals surface area contributed by atoms with Crippen LogP contribution < -0.4 is 5.32 Å². The molecular formula is C14H32N2. The van der Waals surface area contributed by atoms with Crippen LogP contribution in [-0.4, -0.2) is 37.1 Å². The van der Waals surface area contributed by atoms with Crippen LogP contribution in [0.5, 0.6) is 0 Å². The Kier molecular flexibility index (Phi) is 7.25. The van der Waals surface area contributed by atoms with Crippen LogP contribution in [0.2, 0.25) is 0 Å². The second kappa shape index (κ2) is 7.29. The quantitative estimate of drug-likeness (QED) is 0.686. The van der Waals surface area contributed by atoms with Crippen molar-refractivity contribution in [2.45, 2.75) is 66.5 Å². The summed E-state index contributed by atoms with van der Waals surface area (Å²) in [5, 5.41) is 3.59. The van der Waals surface area contributed by atoms with E-state index in [1.807, 2.05) is 0 Å². The van der Waals surface area contributed by atoms with E-state index in [2.05, 4.69) is 58.8 Å². The van der Waals surface area contributed by atoms with E-state index in [9.17, 15) is 0 Å². The molecule has 0 saturated carbocycles. The van der Waals surface area contributed by atoms with E-state index in [4.69, 9.17) is 0 Å². The average Bonchev–Trinajstić information content (AvgIpc) is 2.15. The van der Waals surface area contributed by atoms with Crippen molar-refractivity contribution < 1.29 is 0 Å². The van der Waals surface area contributed by atoms with Crippen molar-refractivity contribution in [2.75, 3.05) is 20.1 Å². The SMILES string of the molecule is CCCC(C)(CNC(C)C)CN(C)C(C)C. The van der Waals surface area contributed by atoms with Gasteiger partial charge in [-0.3, -0.25) is 0 Å². The van der Waals surface area contributed by atoms with Gasteiger partial charge >= 0.3 is 0 Å². The molecule has 0 aliphatic carbocycles. The van der Waals surface area contributed by atoms with E-state index in [0.717, 1.165) is 6.54 Å². The molecule has 0 fully saturated rings. The molecule has 0 radical (unpaired) electrons. The summed E-state index contributed by atoms with van der Waals surface area (Å²) in [7, 11) is 2.23. The fraction of sp³-hybridized carbons (Fsp3) is 1.00. The summed E-state index contributed by atoms with van der Waals surface area (Å²) in [6.45, 7) is 16.0. The zero-order valence-electron chi connectivity index (χ0n) is 12.4. The van der Waals surface area contributed by atoms with Gasteiger partial charge in [-0.2, -0.15) is 0 Å². The molecule has 0 heterocycles. The van der Waals surface area contributed by atoms with E-state index >= 15 is 0 Å². The summed E-state index contributed by atoms with van der Waals surface area (Å²) < 4.78 is 0. The summed E-state index contributed by atoms with van der Waals surface area (Å²) >= 11 is 0. The van der Waals surface area contributed by atoms with Crippen LogP contribution in [-0.2, 0) is 0 Å². The normalized spacial score (nSPS) is 16.1. The van der Waals surface area contributed by atoms with Crippen molar-refractivity contribution >= 4 is 0 Å². The molecule has 0 aromatic heterocycles. The molecular weight excluding hydrogens is 196 g/mol. The Morgan fingerprint density at radius 2 is 1.75 bits per heavy atom. The highest BCUT2D eigenvalue weighted by Gasteiger charge is 2.25. The van der Waals surface area contributed by atoms with Crippen LogP contribution in [0.3, 0.4) is 0 Å². The standard InChI is InChI=1S/C14H32N2/c1-8-9-14(6,10-15-12(2)3)11-16(7)13(4)5/h12-13,15H,8-11H2,1-7H3. The number of rotatable bonds is 8. The molecule has 2 nitrogen and oxygen atoms in total. The Balaban J connectivity index is 4.31. The molecule has 0 rings (SSSR count). The monoisotopic (exact) mass is 228 g/mol. The molecule has 0 aromatic rings. The zero-order chi connectivity index (χ0) is 12.8. The summed E-state index contributed by atoms with van der Waals surface area (Å²) in [6, 6.07) is 1.22. The lowest BCUT2D eigenvalue weighted by Crippen LogP contribution is -2.44. The van der Waals surface area contributed by atoms with Gasteiger partial charge in [0.25, 0.3) is 0 Å². The van der Waals surface area contributed by atoms with Crippen LogP contribution >= 0.6 is 0 Å². The molecule has 1 N–H and O–H groups in total. The number of nitrogens with zero attached hydrogens (tertiary/aromatic N) is 1. The molecule has 0 bridgehead atoms. The maximum absolute atomic E-state index is 3.59. The van der Waals surface area contributed by atoms with Crippen molar-refractivity contribution in [3.63, 3.8) is 0 Å². The van der Waals surface area contributed by atoms with E-state index in [0.29, 0.717) is 17.5 Å². The lowest BCUT2D eigenvalue weighted by molar-refractivity contribution is 0.146. The Hall–Kier alpha value is -0.0800. The second-order valence-corrected chi connectivity index (χ2v) is 6.11. The van der Waals surface area contributed by atoms with E-state index < -0.39 is 0 Å². The van der Waals surface area contributed by atoms with Gasteiger partial charge in [0, 0.05) is 25.2 Å². The molecule has 1 atom stereocenters. The first-order valence-corrected chi connectivity index (χ1v) is 6.74. The lowest BCUT2D eigenvalue weighted by Gasteiger charge is -2.36. The third kappa shape index (κ3) is 6.49. The maximum atomic E-state index is 3.59. The molecule has 0 saturated heterocycles. The first kappa shape index (κ1) is 15.9. The minimum Gasteiger partial charge on any atom is -0.314 e. The van der Waals surface area contributed by atoms with Gasteiger partial charge in [-0.1, -0.05) is 34.1 Å². The van der Waals surface area contributed by atoms with E-state index in [1.54, 1.807) is 0 Å². The van der Waals surface area contributed by atoms with Gasteiger partial charge in [0.2, 0.25) is 0 Å². The fourth-order valence-corrected chi connectivity index (χ4v) is 2.06. The van der Waals surface area contributed by atoms with Crippen LogP contribution in [0.25, 0.3) is 0 Å². The van der Waals surface area contributed by atoms with E-state index in [-0.39, 0.29) is 0 Å². The van der Waals surface area contributed by atoms with Crippen LogP contribution in [0.15, 0.2) is 0 Å². The molecule has 0 spiro atoms. The highest BCUT2D eigenvalue weighted by molar-refractivity contribution is 4.81. The second-order valence-electron chi connectivity index (χ2n) is 6.11. The maximum Gasteiger partial charge on any atom is 0.00471 e. The molecule has 0 aliphatic rings. The molecule has 0 aliphatic heterocycles. The highest BCUT2D eigenvalue weighted by Crippen LogP contribution is 2.24. The minimum absolute atomic E-state index is 0.401. The Morgan fingerprint density at radius 1 is 1.19 bits per heavy atom. The number of hydrogen-bond donors (Lipinski definition) is 1. The zero-order valence-corrected chi connectivity index (χ0v) is 12.4. The average molecular weight is 228 g/mol. The number of hydrogen-bond acceptors (Lipinski definition) is 2. The predicted octanol–water partition coefficient (Wildman–Crippen LogP) is 3.13. The van der Waals surface area contributed by atoms with Gasteiger partial charge in [-0.15, -0.1) is 0 Å². The van der Waals surface area contributed by atoms with Gasteiger partial charge in [0.05, 0.1) is 0 Å². The van der Waals surface area contributed by atoms with Gasteiger partial charge in [0.1, 0.15) is 0 Å². The summed E-state index contributed by atoms with van der Waals surface area (Å²) in [6.07, 6.45) is 2.56. The van der Waals surface area contributed by atoms with Crippen molar-refractivity contribution in [3.8, 4) is 0 Å². The first-order chi connectivity index (χ1) is 7.30. The third-order valence-electron chi connectivity index (χ3n) is 3.30.